The normalized spacial score (nSPS) is 16.5. The summed E-state index contributed by atoms with van der Waals surface area (Å²) < 4.78 is 7.38. The van der Waals surface area contributed by atoms with Gasteiger partial charge in [0.15, 0.2) is 0 Å². The third-order valence-corrected chi connectivity index (χ3v) is 4.42. The van der Waals surface area contributed by atoms with E-state index in [1.165, 1.54) is 5.69 Å². The van der Waals surface area contributed by atoms with Crippen LogP contribution in [0.15, 0.2) is 36.5 Å². The van der Waals surface area contributed by atoms with E-state index < -0.39 is 0 Å². The fraction of sp³-hybridized carbons (Fsp3) is 0.353. The quantitative estimate of drug-likeness (QED) is 0.789. The fourth-order valence-electron chi connectivity index (χ4n) is 3.13. The molecule has 114 valence electrons. The molecule has 0 atom stereocenters. The highest BCUT2D eigenvalue weighted by atomic mass is 16.5. The van der Waals surface area contributed by atoms with Gasteiger partial charge in [-0.15, -0.1) is 0 Å². The molecule has 3 aromatic rings. The molecule has 0 aliphatic carbocycles. The Kier molecular flexibility index (Phi) is 3.15. The van der Waals surface area contributed by atoms with Gasteiger partial charge in [-0.2, -0.15) is 0 Å². The van der Waals surface area contributed by atoms with Crippen molar-refractivity contribution in [2.45, 2.75) is 18.9 Å². The molecule has 1 aliphatic rings. The number of fused-ring (bicyclic) bond motifs is 3. The summed E-state index contributed by atoms with van der Waals surface area (Å²) in [5, 5.41) is 9.64. The van der Waals surface area contributed by atoms with Gasteiger partial charge in [0.05, 0.1) is 24.2 Å². The molecule has 2 aromatic heterocycles. The zero-order valence-corrected chi connectivity index (χ0v) is 12.6. The minimum absolute atomic E-state index is 0.151. The van der Waals surface area contributed by atoms with Gasteiger partial charge in [-0.3, -0.25) is 4.40 Å². The van der Waals surface area contributed by atoms with E-state index in [2.05, 4.69) is 27.6 Å². The Morgan fingerprint density at radius 3 is 2.77 bits per heavy atom. The van der Waals surface area contributed by atoms with Crippen LogP contribution in [-0.4, -0.2) is 40.8 Å². The van der Waals surface area contributed by atoms with E-state index >= 15 is 0 Å². The summed E-state index contributed by atoms with van der Waals surface area (Å²) in [6.07, 6.45) is 3.57. The third kappa shape index (κ3) is 2.18. The van der Waals surface area contributed by atoms with Gasteiger partial charge in [0, 0.05) is 37.1 Å². The van der Waals surface area contributed by atoms with Crippen LogP contribution in [0.5, 0.6) is 5.75 Å². The van der Waals surface area contributed by atoms with E-state index in [0.717, 1.165) is 48.4 Å². The van der Waals surface area contributed by atoms with E-state index in [4.69, 9.17) is 9.72 Å². The van der Waals surface area contributed by atoms with Crippen molar-refractivity contribution >= 4 is 22.4 Å². The number of rotatable bonds is 2. The number of benzene rings is 1. The summed E-state index contributed by atoms with van der Waals surface area (Å²) in [7, 11) is 1.67. The number of anilines is 1. The Hall–Kier alpha value is -2.27. The van der Waals surface area contributed by atoms with E-state index in [1.54, 1.807) is 7.11 Å². The van der Waals surface area contributed by atoms with Crippen molar-refractivity contribution < 1.29 is 9.84 Å². The van der Waals surface area contributed by atoms with E-state index in [9.17, 15) is 5.11 Å². The van der Waals surface area contributed by atoms with Gasteiger partial charge in [0.2, 0.25) is 0 Å². The lowest BCUT2D eigenvalue weighted by Crippen LogP contribution is -2.35. The molecule has 0 bridgehead atoms. The Balaban J connectivity index is 1.76. The van der Waals surface area contributed by atoms with Crippen molar-refractivity contribution in [1.29, 1.82) is 0 Å². The lowest BCUT2D eigenvalue weighted by Gasteiger charge is -2.31. The number of aromatic nitrogens is 2. The molecule has 5 nitrogen and oxygen atoms in total. The van der Waals surface area contributed by atoms with Crippen LogP contribution in [0.2, 0.25) is 0 Å². The Bertz CT molecular complexity index is 819. The van der Waals surface area contributed by atoms with Crippen LogP contribution in [0.25, 0.3) is 16.7 Å². The van der Waals surface area contributed by atoms with E-state index in [-0.39, 0.29) is 6.10 Å². The summed E-state index contributed by atoms with van der Waals surface area (Å²) in [5.74, 6) is 0.836. The minimum Gasteiger partial charge on any atom is -0.497 e. The van der Waals surface area contributed by atoms with Crippen LogP contribution in [-0.2, 0) is 0 Å². The number of piperidine rings is 1. The number of pyridine rings is 1. The summed E-state index contributed by atoms with van der Waals surface area (Å²) in [4.78, 5) is 7.00. The molecule has 1 aromatic carbocycles. The van der Waals surface area contributed by atoms with Crippen LogP contribution in [0.4, 0.5) is 5.69 Å². The summed E-state index contributed by atoms with van der Waals surface area (Å²) in [5.41, 5.74) is 4.12. The maximum absolute atomic E-state index is 9.64. The molecule has 5 heteroatoms. The Labute approximate surface area is 128 Å². The SMILES string of the molecule is COc1ccc2nc3cc(N4CCC(O)CC4)ccn3c2c1. The van der Waals surface area contributed by atoms with Gasteiger partial charge < -0.3 is 14.7 Å². The zero-order chi connectivity index (χ0) is 15.1. The topological polar surface area (TPSA) is 50.0 Å². The molecular weight excluding hydrogens is 278 g/mol. The van der Waals surface area contributed by atoms with Crippen LogP contribution in [0.3, 0.4) is 0 Å². The molecule has 0 saturated carbocycles. The van der Waals surface area contributed by atoms with Crippen molar-refractivity contribution in [3.63, 3.8) is 0 Å². The van der Waals surface area contributed by atoms with Crippen molar-refractivity contribution in [2.75, 3.05) is 25.1 Å². The Morgan fingerprint density at radius 2 is 2.00 bits per heavy atom. The second-order valence-corrected chi connectivity index (χ2v) is 5.80. The molecule has 22 heavy (non-hydrogen) atoms. The number of imidazole rings is 1. The monoisotopic (exact) mass is 297 g/mol. The fourth-order valence-corrected chi connectivity index (χ4v) is 3.13. The molecule has 0 radical (unpaired) electrons. The number of hydrogen-bond acceptors (Lipinski definition) is 4. The number of nitrogens with zero attached hydrogens (tertiary/aromatic N) is 3. The molecule has 1 aliphatic heterocycles. The van der Waals surface area contributed by atoms with Crippen LogP contribution in [0, 0.1) is 0 Å². The highest BCUT2D eigenvalue weighted by molar-refractivity contribution is 5.82. The maximum atomic E-state index is 9.64. The summed E-state index contributed by atoms with van der Waals surface area (Å²) in [6, 6.07) is 10.2. The molecule has 0 spiro atoms. The van der Waals surface area contributed by atoms with Crippen molar-refractivity contribution in [3.05, 3.63) is 36.5 Å². The predicted octanol–water partition coefficient (Wildman–Crippen LogP) is 2.46. The van der Waals surface area contributed by atoms with Crippen LogP contribution >= 0.6 is 0 Å². The van der Waals surface area contributed by atoms with Gasteiger partial charge in [-0.05, 0) is 31.0 Å². The first-order valence-electron chi connectivity index (χ1n) is 7.63. The van der Waals surface area contributed by atoms with Gasteiger partial charge in [0.1, 0.15) is 11.4 Å². The minimum atomic E-state index is -0.151. The van der Waals surface area contributed by atoms with E-state index in [0.29, 0.717) is 0 Å². The molecule has 0 amide bonds. The first-order valence-corrected chi connectivity index (χ1v) is 7.63. The number of aliphatic hydroxyl groups is 1. The molecule has 1 N–H and O–H groups in total. The lowest BCUT2D eigenvalue weighted by atomic mass is 10.1. The zero-order valence-electron chi connectivity index (χ0n) is 12.6. The molecule has 4 rings (SSSR count). The van der Waals surface area contributed by atoms with E-state index in [1.807, 2.05) is 18.2 Å². The first kappa shape index (κ1) is 13.4. The molecule has 1 saturated heterocycles. The second kappa shape index (κ2) is 5.18. The highest BCUT2D eigenvalue weighted by Crippen LogP contribution is 2.26. The largest absolute Gasteiger partial charge is 0.497 e. The van der Waals surface area contributed by atoms with Crippen LogP contribution < -0.4 is 9.64 Å². The van der Waals surface area contributed by atoms with Gasteiger partial charge in [0.25, 0.3) is 0 Å². The molecule has 3 heterocycles. The number of hydrogen-bond donors (Lipinski definition) is 1. The second-order valence-electron chi connectivity index (χ2n) is 5.80. The molecule has 1 fully saturated rings. The lowest BCUT2D eigenvalue weighted by molar-refractivity contribution is 0.145. The third-order valence-electron chi connectivity index (χ3n) is 4.42. The summed E-state index contributed by atoms with van der Waals surface area (Å²) in [6.45, 7) is 1.79. The average Bonchev–Trinajstić information content (AvgIpc) is 2.92. The smallest absolute Gasteiger partial charge is 0.139 e. The van der Waals surface area contributed by atoms with Gasteiger partial charge in [-0.1, -0.05) is 0 Å². The molecule has 0 unspecified atom stereocenters. The van der Waals surface area contributed by atoms with Crippen LogP contribution in [0.1, 0.15) is 12.8 Å². The van der Waals surface area contributed by atoms with Gasteiger partial charge in [-0.25, -0.2) is 4.98 Å². The first-order chi connectivity index (χ1) is 10.7. The standard InChI is InChI=1S/C17H19N3O2/c1-22-14-2-3-15-16(11-14)20-9-4-12(10-17(20)18-15)19-7-5-13(21)6-8-19/h2-4,9-11,13,21H,5-8H2,1H3. The average molecular weight is 297 g/mol. The summed E-state index contributed by atoms with van der Waals surface area (Å²) >= 11 is 0. The number of ether oxygens (including phenoxy) is 1. The number of methoxy groups -OCH3 is 1. The van der Waals surface area contributed by atoms with Gasteiger partial charge >= 0.3 is 0 Å². The van der Waals surface area contributed by atoms with Crippen molar-refractivity contribution in [2.24, 2.45) is 0 Å². The number of aliphatic hydroxyl groups excluding tert-OH is 1. The Morgan fingerprint density at radius 1 is 1.18 bits per heavy atom. The van der Waals surface area contributed by atoms with Crippen molar-refractivity contribution in [3.8, 4) is 5.75 Å². The maximum Gasteiger partial charge on any atom is 0.139 e. The highest BCUT2D eigenvalue weighted by Gasteiger charge is 2.18. The molecular formula is C17H19N3O2. The predicted molar refractivity (Wildman–Crippen MR) is 86.7 cm³/mol. The van der Waals surface area contributed by atoms with Crippen molar-refractivity contribution in [1.82, 2.24) is 9.38 Å².